The van der Waals surface area contributed by atoms with Crippen LogP contribution in [0.2, 0.25) is 0 Å². The van der Waals surface area contributed by atoms with E-state index in [0.717, 1.165) is 12.8 Å². The summed E-state index contributed by atoms with van der Waals surface area (Å²) in [5, 5.41) is 9.12. The number of benzene rings is 1. The number of allylic oxidation sites excluding steroid dienone is 2. The minimum Gasteiger partial charge on any atom is -0.508 e. The van der Waals surface area contributed by atoms with Gasteiger partial charge in [0.25, 0.3) is 0 Å². The van der Waals surface area contributed by atoms with Crippen LogP contribution in [-0.2, 0) is 0 Å². The number of phenols is 1. The maximum absolute atomic E-state index is 9.12. The highest BCUT2D eigenvalue weighted by molar-refractivity contribution is 5.65. The highest BCUT2D eigenvalue weighted by atomic mass is 16.3. The van der Waals surface area contributed by atoms with Crippen molar-refractivity contribution in [2.75, 3.05) is 0 Å². The van der Waals surface area contributed by atoms with Crippen molar-refractivity contribution in [1.29, 1.82) is 0 Å². The van der Waals surface area contributed by atoms with Crippen molar-refractivity contribution in [3.05, 3.63) is 35.9 Å². The molecule has 1 rings (SSSR count). The second-order valence-electron chi connectivity index (χ2n) is 3.04. The first kappa shape index (κ1) is 9.85. The summed E-state index contributed by atoms with van der Waals surface area (Å²) in [4.78, 5) is 0. The quantitative estimate of drug-likeness (QED) is 0.746. The van der Waals surface area contributed by atoms with Crippen molar-refractivity contribution < 1.29 is 5.11 Å². The van der Waals surface area contributed by atoms with Gasteiger partial charge >= 0.3 is 0 Å². The van der Waals surface area contributed by atoms with Gasteiger partial charge in [-0.15, -0.1) is 0 Å². The molecule has 0 fully saturated rings. The van der Waals surface area contributed by atoms with Crippen molar-refractivity contribution >= 4 is 5.57 Å². The standard InChI is InChI=1S/C12H16O/c1-3-5-10(4-2)11-6-8-12(13)9-7-11/h5-9,13H,3-4H2,1-2H3/b10-5+. The molecule has 0 unspecified atom stereocenters. The molecule has 13 heavy (non-hydrogen) atoms. The van der Waals surface area contributed by atoms with Gasteiger partial charge < -0.3 is 5.11 Å². The normalized spacial score (nSPS) is 11.7. The molecule has 0 bridgehead atoms. The van der Waals surface area contributed by atoms with E-state index in [-0.39, 0.29) is 0 Å². The first-order valence-corrected chi connectivity index (χ1v) is 4.76. The number of rotatable bonds is 3. The predicted octanol–water partition coefficient (Wildman–Crippen LogP) is 3.60. The highest BCUT2D eigenvalue weighted by Gasteiger charge is 1.97. The number of phenolic OH excluding ortho intramolecular Hbond substituents is 1. The topological polar surface area (TPSA) is 20.2 Å². The minimum atomic E-state index is 0.329. The summed E-state index contributed by atoms with van der Waals surface area (Å²) in [7, 11) is 0. The molecule has 0 aromatic heterocycles. The molecule has 1 N–H and O–H groups in total. The maximum atomic E-state index is 9.12. The van der Waals surface area contributed by atoms with Crippen molar-refractivity contribution in [3.8, 4) is 5.75 Å². The Hall–Kier alpha value is -1.24. The van der Waals surface area contributed by atoms with E-state index in [4.69, 9.17) is 5.11 Å². The number of hydrogen-bond acceptors (Lipinski definition) is 1. The Balaban J connectivity index is 2.92. The van der Waals surface area contributed by atoms with Gasteiger partial charge in [-0.2, -0.15) is 0 Å². The molecule has 1 aromatic rings. The summed E-state index contributed by atoms with van der Waals surface area (Å²) in [5.41, 5.74) is 2.56. The van der Waals surface area contributed by atoms with Gasteiger partial charge in [-0.1, -0.05) is 32.1 Å². The third-order valence-corrected chi connectivity index (χ3v) is 2.07. The fourth-order valence-corrected chi connectivity index (χ4v) is 1.39. The fraction of sp³-hybridized carbons (Fsp3) is 0.333. The number of aromatic hydroxyl groups is 1. The van der Waals surface area contributed by atoms with Gasteiger partial charge in [0.2, 0.25) is 0 Å². The molecule has 0 aliphatic heterocycles. The molecule has 1 heteroatoms. The summed E-state index contributed by atoms with van der Waals surface area (Å²) in [6, 6.07) is 7.38. The first-order chi connectivity index (χ1) is 6.27. The molecule has 0 saturated carbocycles. The zero-order chi connectivity index (χ0) is 9.68. The summed E-state index contributed by atoms with van der Waals surface area (Å²) >= 11 is 0. The van der Waals surface area contributed by atoms with Crippen molar-refractivity contribution in [1.82, 2.24) is 0 Å². The van der Waals surface area contributed by atoms with Crippen LogP contribution in [0.15, 0.2) is 30.3 Å². The lowest BCUT2D eigenvalue weighted by molar-refractivity contribution is 0.475. The van der Waals surface area contributed by atoms with E-state index < -0.39 is 0 Å². The van der Waals surface area contributed by atoms with E-state index in [1.807, 2.05) is 12.1 Å². The van der Waals surface area contributed by atoms with Gasteiger partial charge in [0.1, 0.15) is 5.75 Å². The lowest BCUT2D eigenvalue weighted by Crippen LogP contribution is -1.81. The predicted molar refractivity (Wildman–Crippen MR) is 56.7 cm³/mol. The third kappa shape index (κ3) is 2.62. The van der Waals surface area contributed by atoms with Gasteiger partial charge in [-0.25, -0.2) is 0 Å². The zero-order valence-electron chi connectivity index (χ0n) is 8.25. The van der Waals surface area contributed by atoms with Crippen LogP contribution in [0.1, 0.15) is 32.3 Å². The van der Waals surface area contributed by atoms with Crippen LogP contribution in [-0.4, -0.2) is 5.11 Å². The van der Waals surface area contributed by atoms with E-state index in [1.54, 1.807) is 12.1 Å². The Labute approximate surface area is 79.7 Å². The summed E-state index contributed by atoms with van der Waals surface area (Å²) in [5.74, 6) is 0.329. The lowest BCUT2D eigenvalue weighted by atomic mass is 10.0. The van der Waals surface area contributed by atoms with Crippen LogP contribution in [0.25, 0.3) is 5.57 Å². The van der Waals surface area contributed by atoms with Gasteiger partial charge in [-0.3, -0.25) is 0 Å². The second-order valence-corrected chi connectivity index (χ2v) is 3.04. The maximum Gasteiger partial charge on any atom is 0.115 e. The molecule has 1 aromatic carbocycles. The van der Waals surface area contributed by atoms with Crippen LogP contribution >= 0.6 is 0 Å². The van der Waals surface area contributed by atoms with E-state index >= 15 is 0 Å². The van der Waals surface area contributed by atoms with Crippen LogP contribution in [0.5, 0.6) is 5.75 Å². The van der Waals surface area contributed by atoms with Gasteiger partial charge in [0.15, 0.2) is 0 Å². The van der Waals surface area contributed by atoms with E-state index in [0.29, 0.717) is 5.75 Å². The largest absolute Gasteiger partial charge is 0.508 e. The van der Waals surface area contributed by atoms with Gasteiger partial charge in [0.05, 0.1) is 0 Å². The second kappa shape index (κ2) is 4.70. The van der Waals surface area contributed by atoms with Crippen molar-refractivity contribution in [3.63, 3.8) is 0 Å². The van der Waals surface area contributed by atoms with E-state index in [9.17, 15) is 0 Å². The average Bonchev–Trinajstić information content (AvgIpc) is 2.16. The lowest BCUT2D eigenvalue weighted by Gasteiger charge is -2.04. The Morgan fingerprint density at radius 2 is 1.85 bits per heavy atom. The Morgan fingerprint density at radius 1 is 1.23 bits per heavy atom. The molecule has 1 nitrogen and oxygen atoms in total. The molecule has 0 amide bonds. The smallest absolute Gasteiger partial charge is 0.115 e. The van der Waals surface area contributed by atoms with Crippen LogP contribution in [0.4, 0.5) is 0 Å². The van der Waals surface area contributed by atoms with E-state index in [1.165, 1.54) is 11.1 Å². The average molecular weight is 176 g/mol. The monoisotopic (exact) mass is 176 g/mol. The van der Waals surface area contributed by atoms with E-state index in [2.05, 4.69) is 19.9 Å². The Kier molecular flexibility index (Phi) is 3.56. The first-order valence-electron chi connectivity index (χ1n) is 4.76. The van der Waals surface area contributed by atoms with Crippen LogP contribution in [0.3, 0.4) is 0 Å². The highest BCUT2D eigenvalue weighted by Crippen LogP contribution is 2.20. The van der Waals surface area contributed by atoms with Gasteiger partial charge in [0, 0.05) is 0 Å². The Morgan fingerprint density at radius 3 is 2.31 bits per heavy atom. The number of hydrogen-bond donors (Lipinski definition) is 1. The SMILES string of the molecule is CC/C=C(\CC)c1ccc(O)cc1. The molecule has 70 valence electrons. The van der Waals surface area contributed by atoms with Crippen LogP contribution < -0.4 is 0 Å². The molecule has 0 radical (unpaired) electrons. The molecular formula is C12H16O. The molecule has 0 saturated heterocycles. The summed E-state index contributed by atoms with van der Waals surface area (Å²) in [6.45, 7) is 4.28. The molecule has 0 spiro atoms. The van der Waals surface area contributed by atoms with Crippen LogP contribution in [0, 0.1) is 0 Å². The molecule has 0 heterocycles. The third-order valence-electron chi connectivity index (χ3n) is 2.07. The minimum absolute atomic E-state index is 0.329. The zero-order valence-corrected chi connectivity index (χ0v) is 8.25. The summed E-state index contributed by atoms with van der Waals surface area (Å²) < 4.78 is 0. The fourth-order valence-electron chi connectivity index (χ4n) is 1.39. The molecule has 0 atom stereocenters. The summed E-state index contributed by atoms with van der Waals surface area (Å²) in [6.07, 6.45) is 4.33. The van der Waals surface area contributed by atoms with Crippen molar-refractivity contribution in [2.45, 2.75) is 26.7 Å². The van der Waals surface area contributed by atoms with Gasteiger partial charge in [-0.05, 0) is 36.1 Å². The Bertz CT molecular complexity index is 282. The van der Waals surface area contributed by atoms with Crippen molar-refractivity contribution in [2.24, 2.45) is 0 Å². The molecular weight excluding hydrogens is 160 g/mol. The molecule has 0 aliphatic carbocycles. The molecule has 0 aliphatic rings.